The van der Waals surface area contributed by atoms with Crippen molar-refractivity contribution in [2.45, 2.75) is 0 Å². The van der Waals surface area contributed by atoms with E-state index in [9.17, 15) is 13.2 Å². The summed E-state index contributed by atoms with van der Waals surface area (Å²) >= 11 is 6.58. The van der Waals surface area contributed by atoms with E-state index in [0.717, 1.165) is 13.3 Å². The molecule has 8 heteroatoms. The maximum atomic E-state index is 11.8. The van der Waals surface area contributed by atoms with Crippen molar-refractivity contribution in [3.63, 3.8) is 0 Å². The third-order valence-electron chi connectivity index (χ3n) is 2.33. The number of hydrogen-bond donors (Lipinski definition) is 1. The molecule has 0 saturated heterocycles. The van der Waals surface area contributed by atoms with Gasteiger partial charge in [0.2, 0.25) is 10.0 Å². The lowest BCUT2D eigenvalue weighted by atomic mass is 10.2. The number of rotatable bonds is 5. The molecular weight excluding hydrogens is 400 g/mol. The predicted molar refractivity (Wildman–Crippen MR) is 81.6 cm³/mol. The minimum atomic E-state index is -3.29. The Kier molecular flexibility index (Phi) is 5.97. The van der Waals surface area contributed by atoms with E-state index in [2.05, 4.69) is 37.2 Å². The minimum absolute atomic E-state index is 0.0729. The summed E-state index contributed by atoms with van der Waals surface area (Å²) in [5.74, 6) is -0.433. The largest absolute Gasteiger partial charge is 0.351 e. The van der Waals surface area contributed by atoms with Crippen molar-refractivity contribution < 1.29 is 13.2 Å². The highest BCUT2D eigenvalue weighted by atomic mass is 79.9. The zero-order valence-electron chi connectivity index (χ0n) is 10.5. The van der Waals surface area contributed by atoms with Gasteiger partial charge >= 0.3 is 0 Å². The Hall–Kier alpha value is -0.440. The highest BCUT2D eigenvalue weighted by molar-refractivity contribution is 9.11. The Bertz CT molecular complexity index is 553. The molecule has 1 aromatic carbocycles. The number of nitrogens with one attached hydrogen (secondary N) is 1. The zero-order chi connectivity index (χ0) is 14.6. The molecule has 0 bridgehead atoms. The topological polar surface area (TPSA) is 66.5 Å². The van der Waals surface area contributed by atoms with E-state index >= 15 is 0 Å². The van der Waals surface area contributed by atoms with E-state index in [-0.39, 0.29) is 18.2 Å². The van der Waals surface area contributed by atoms with Gasteiger partial charge in [0.05, 0.1) is 5.75 Å². The van der Waals surface area contributed by atoms with Crippen LogP contribution >= 0.6 is 31.9 Å². The van der Waals surface area contributed by atoms with Gasteiger partial charge in [-0.1, -0.05) is 31.9 Å². The SMILES string of the molecule is CN(C)S(=O)(=O)CCNC(=O)c1cc(Br)cc(Br)c1. The molecule has 1 amide bonds. The van der Waals surface area contributed by atoms with E-state index < -0.39 is 10.0 Å². The summed E-state index contributed by atoms with van der Waals surface area (Å²) in [6.07, 6.45) is 0. The number of carbonyl (C=O) groups is 1. The zero-order valence-corrected chi connectivity index (χ0v) is 14.5. The molecule has 19 heavy (non-hydrogen) atoms. The average molecular weight is 414 g/mol. The summed E-state index contributed by atoms with van der Waals surface area (Å²) in [5.41, 5.74) is 0.462. The van der Waals surface area contributed by atoms with Crippen LogP contribution < -0.4 is 5.32 Å². The molecule has 0 aromatic heterocycles. The van der Waals surface area contributed by atoms with Crippen molar-refractivity contribution in [3.05, 3.63) is 32.7 Å². The third kappa shape index (κ3) is 5.21. The van der Waals surface area contributed by atoms with Crippen molar-refractivity contribution in [1.29, 1.82) is 0 Å². The Morgan fingerprint density at radius 3 is 2.21 bits per heavy atom. The number of benzene rings is 1. The molecule has 1 rings (SSSR count). The minimum Gasteiger partial charge on any atom is -0.351 e. The fourth-order valence-electron chi connectivity index (χ4n) is 1.26. The van der Waals surface area contributed by atoms with Crippen molar-refractivity contribution in [2.75, 3.05) is 26.4 Å². The first-order valence-electron chi connectivity index (χ1n) is 5.37. The molecule has 0 fully saturated rings. The van der Waals surface area contributed by atoms with Gasteiger partial charge in [-0.3, -0.25) is 4.79 Å². The van der Waals surface area contributed by atoms with E-state index in [4.69, 9.17) is 0 Å². The molecular formula is C11H14Br2N2O3S. The van der Waals surface area contributed by atoms with E-state index in [1.165, 1.54) is 14.1 Å². The van der Waals surface area contributed by atoms with Crippen LogP contribution in [0, 0.1) is 0 Å². The van der Waals surface area contributed by atoms with Crippen molar-refractivity contribution >= 4 is 47.8 Å². The number of halogens is 2. The molecule has 106 valence electrons. The molecule has 0 atom stereocenters. The molecule has 0 unspecified atom stereocenters. The van der Waals surface area contributed by atoms with Gasteiger partial charge in [0.25, 0.3) is 5.91 Å². The number of nitrogens with zero attached hydrogens (tertiary/aromatic N) is 1. The van der Waals surface area contributed by atoms with Gasteiger partial charge in [0.1, 0.15) is 0 Å². The van der Waals surface area contributed by atoms with Crippen LogP contribution in [0.3, 0.4) is 0 Å². The van der Waals surface area contributed by atoms with Crippen LogP contribution in [-0.2, 0) is 10.0 Å². The normalized spacial score (nSPS) is 11.6. The number of hydrogen-bond acceptors (Lipinski definition) is 3. The lowest BCUT2D eigenvalue weighted by molar-refractivity contribution is 0.0956. The fraction of sp³-hybridized carbons (Fsp3) is 0.364. The Balaban J connectivity index is 2.62. The standard InChI is InChI=1S/C11H14Br2N2O3S/c1-15(2)19(17,18)4-3-14-11(16)8-5-9(12)7-10(13)6-8/h5-7H,3-4H2,1-2H3,(H,14,16). The maximum Gasteiger partial charge on any atom is 0.251 e. The molecule has 0 radical (unpaired) electrons. The summed E-state index contributed by atoms with van der Waals surface area (Å²) in [7, 11) is -0.371. The fourth-order valence-corrected chi connectivity index (χ4v) is 3.28. The van der Waals surface area contributed by atoms with Gasteiger partial charge in [-0.05, 0) is 18.2 Å². The number of carbonyl (C=O) groups excluding carboxylic acids is 1. The van der Waals surface area contributed by atoms with Gasteiger partial charge in [-0.15, -0.1) is 0 Å². The van der Waals surface area contributed by atoms with Gasteiger partial charge in [-0.2, -0.15) is 0 Å². The Morgan fingerprint density at radius 2 is 1.74 bits per heavy atom. The second-order valence-corrected chi connectivity index (χ2v) is 8.15. The van der Waals surface area contributed by atoms with Crippen LogP contribution in [0.1, 0.15) is 10.4 Å². The van der Waals surface area contributed by atoms with Crippen LogP contribution in [0.5, 0.6) is 0 Å². The van der Waals surface area contributed by atoms with E-state index in [1.807, 2.05) is 6.07 Å². The molecule has 0 aliphatic rings. The lowest BCUT2D eigenvalue weighted by Crippen LogP contribution is -2.33. The summed E-state index contributed by atoms with van der Waals surface area (Å²) in [5, 5.41) is 2.58. The Labute approximate surface area is 129 Å². The van der Waals surface area contributed by atoms with Crippen molar-refractivity contribution in [1.82, 2.24) is 9.62 Å². The molecule has 0 heterocycles. The van der Waals surface area contributed by atoms with Crippen LogP contribution in [0.25, 0.3) is 0 Å². The maximum absolute atomic E-state index is 11.8. The van der Waals surface area contributed by atoms with Gasteiger partial charge in [-0.25, -0.2) is 12.7 Å². The first-order valence-corrected chi connectivity index (χ1v) is 8.56. The third-order valence-corrected chi connectivity index (χ3v) is 5.08. The van der Waals surface area contributed by atoms with E-state index in [1.54, 1.807) is 12.1 Å². The highest BCUT2D eigenvalue weighted by Crippen LogP contribution is 2.19. The van der Waals surface area contributed by atoms with Gasteiger partial charge < -0.3 is 5.32 Å². The lowest BCUT2D eigenvalue weighted by Gasteiger charge is -2.11. The quantitative estimate of drug-likeness (QED) is 0.800. The summed E-state index contributed by atoms with van der Waals surface area (Å²) < 4.78 is 25.7. The summed E-state index contributed by atoms with van der Waals surface area (Å²) in [6.45, 7) is 0.0729. The second kappa shape index (κ2) is 6.83. The molecule has 1 aromatic rings. The summed E-state index contributed by atoms with van der Waals surface area (Å²) in [4.78, 5) is 11.8. The molecule has 0 spiro atoms. The molecule has 1 N–H and O–H groups in total. The molecule has 5 nitrogen and oxygen atoms in total. The highest BCUT2D eigenvalue weighted by Gasteiger charge is 2.14. The molecule has 0 aliphatic carbocycles. The van der Waals surface area contributed by atoms with Crippen LogP contribution in [0.2, 0.25) is 0 Å². The molecule has 0 aliphatic heterocycles. The average Bonchev–Trinajstić information content (AvgIpc) is 2.27. The number of sulfonamides is 1. The molecule has 0 saturated carbocycles. The van der Waals surface area contributed by atoms with E-state index in [0.29, 0.717) is 5.56 Å². The van der Waals surface area contributed by atoms with Gasteiger partial charge in [0, 0.05) is 35.1 Å². The summed E-state index contributed by atoms with van der Waals surface area (Å²) in [6, 6.07) is 5.15. The van der Waals surface area contributed by atoms with Crippen molar-refractivity contribution in [2.24, 2.45) is 0 Å². The second-order valence-electron chi connectivity index (χ2n) is 4.01. The number of amides is 1. The smallest absolute Gasteiger partial charge is 0.251 e. The predicted octanol–water partition coefficient (Wildman–Crippen LogP) is 1.83. The monoisotopic (exact) mass is 412 g/mol. The van der Waals surface area contributed by atoms with Gasteiger partial charge in [0.15, 0.2) is 0 Å². The van der Waals surface area contributed by atoms with Crippen LogP contribution in [0.15, 0.2) is 27.1 Å². The van der Waals surface area contributed by atoms with Crippen LogP contribution in [-0.4, -0.2) is 45.0 Å². The first kappa shape index (κ1) is 16.6. The Morgan fingerprint density at radius 1 is 1.21 bits per heavy atom. The first-order chi connectivity index (χ1) is 8.72. The van der Waals surface area contributed by atoms with Crippen molar-refractivity contribution in [3.8, 4) is 0 Å². The van der Waals surface area contributed by atoms with Crippen LogP contribution in [0.4, 0.5) is 0 Å².